The van der Waals surface area contributed by atoms with Gasteiger partial charge in [-0.05, 0) is 23.1 Å². The molecule has 0 saturated heterocycles. The zero-order chi connectivity index (χ0) is 14.8. The molecule has 8 heteroatoms. The smallest absolute Gasteiger partial charge is 0.423 e. The van der Waals surface area contributed by atoms with E-state index in [1.807, 2.05) is 16.8 Å². The Morgan fingerprint density at radius 2 is 2.14 bits per heavy atom. The van der Waals surface area contributed by atoms with Crippen LogP contribution in [-0.4, -0.2) is 32.2 Å². The lowest BCUT2D eigenvalue weighted by atomic mass is 9.79. The van der Waals surface area contributed by atoms with Crippen LogP contribution in [0.3, 0.4) is 0 Å². The molecule has 0 aliphatic heterocycles. The summed E-state index contributed by atoms with van der Waals surface area (Å²) in [6, 6.07) is 6.15. The fourth-order valence-corrected chi connectivity index (χ4v) is 2.64. The Bertz CT molecular complexity index is 746. The molecule has 0 bridgehead atoms. The summed E-state index contributed by atoms with van der Waals surface area (Å²) in [6.07, 6.45) is 1.79. The molecular weight excluding hydrogens is 292 g/mol. The lowest BCUT2D eigenvalue weighted by Gasteiger charge is -2.05. The van der Waals surface area contributed by atoms with Gasteiger partial charge in [-0.1, -0.05) is 17.3 Å². The monoisotopic (exact) mass is 303 g/mol. The quantitative estimate of drug-likeness (QED) is 0.702. The van der Waals surface area contributed by atoms with Crippen LogP contribution in [0.5, 0.6) is 0 Å². The second kappa shape index (κ2) is 5.76. The Labute approximate surface area is 124 Å². The molecule has 0 atom stereocenters. The van der Waals surface area contributed by atoms with Gasteiger partial charge in [-0.25, -0.2) is 9.07 Å². The van der Waals surface area contributed by atoms with E-state index in [1.165, 1.54) is 12.1 Å². The van der Waals surface area contributed by atoms with E-state index in [0.717, 1.165) is 11.3 Å². The summed E-state index contributed by atoms with van der Waals surface area (Å²) >= 11 is 1.58. The maximum absolute atomic E-state index is 13.4. The Kier molecular flexibility index (Phi) is 3.83. The minimum absolute atomic E-state index is 0.148. The fraction of sp³-hybridized carbons (Fsp3) is 0.0769. The van der Waals surface area contributed by atoms with Crippen LogP contribution in [-0.2, 0) is 6.54 Å². The number of aromatic nitrogens is 3. The summed E-state index contributed by atoms with van der Waals surface area (Å²) in [5, 5.41) is 30.2. The Hall–Kier alpha value is -2.03. The van der Waals surface area contributed by atoms with Gasteiger partial charge >= 0.3 is 7.12 Å². The molecule has 0 radical (unpaired) electrons. The highest BCUT2D eigenvalue weighted by molar-refractivity contribution is 7.08. The molecule has 0 saturated carbocycles. The van der Waals surface area contributed by atoms with Gasteiger partial charge in [0, 0.05) is 16.4 Å². The van der Waals surface area contributed by atoms with E-state index in [-0.39, 0.29) is 5.46 Å². The molecular formula is C13H11BFN3O2S. The second-order valence-corrected chi connectivity index (χ2v) is 5.32. The predicted molar refractivity (Wildman–Crippen MR) is 78.7 cm³/mol. The number of hydrogen-bond donors (Lipinski definition) is 2. The van der Waals surface area contributed by atoms with E-state index in [4.69, 9.17) is 10.0 Å². The summed E-state index contributed by atoms with van der Waals surface area (Å²) in [5.74, 6) is -0.647. The van der Waals surface area contributed by atoms with Crippen LogP contribution in [0.25, 0.3) is 11.3 Å². The number of rotatable bonds is 4. The van der Waals surface area contributed by atoms with Crippen molar-refractivity contribution in [2.24, 2.45) is 0 Å². The van der Waals surface area contributed by atoms with E-state index >= 15 is 0 Å². The first-order chi connectivity index (χ1) is 10.1. The summed E-state index contributed by atoms with van der Waals surface area (Å²) in [5.41, 5.74) is 2.32. The van der Waals surface area contributed by atoms with Crippen molar-refractivity contribution >= 4 is 23.9 Å². The highest BCUT2D eigenvalue weighted by Crippen LogP contribution is 2.19. The average Bonchev–Trinajstić information content (AvgIpc) is 3.11. The van der Waals surface area contributed by atoms with Crippen molar-refractivity contribution in [1.82, 2.24) is 15.0 Å². The van der Waals surface area contributed by atoms with Crippen molar-refractivity contribution in [3.63, 3.8) is 0 Å². The van der Waals surface area contributed by atoms with E-state index < -0.39 is 12.9 Å². The van der Waals surface area contributed by atoms with Crippen molar-refractivity contribution in [1.29, 1.82) is 0 Å². The number of benzene rings is 1. The third kappa shape index (κ3) is 3.02. The normalized spacial score (nSPS) is 10.8. The third-order valence-electron chi connectivity index (χ3n) is 3.04. The van der Waals surface area contributed by atoms with Crippen LogP contribution in [0.4, 0.5) is 4.39 Å². The minimum atomic E-state index is -1.83. The van der Waals surface area contributed by atoms with Gasteiger partial charge in [0.2, 0.25) is 0 Å². The van der Waals surface area contributed by atoms with Crippen molar-refractivity contribution in [2.45, 2.75) is 6.54 Å². The van der Waals surface area contributed by atoms with Crippen LogP contribution in [0, 0.1) is 5.82 Å². The molecule has 0 amide bonds. The molecule has 0 spiro atoms. The molecule has 1 aromatic carbocycles. The molecule has 3 rings (SSSR count). The Morgan fingerprint density at radius 1 is 1.29 bits per heavy atom. The molecule has 2 aromatic heterocycles. The zero-order valence-electron chi connectivity index (χ0n) is 10.8. The molecule has 0 aliphatic rings. The molecule has 0 aliphatic carbocycles. The second-order valence-electron chi connectivity index (χ2n) is 4.54. The van der Waals surface area contributed by atoms with Crippen molar-refractivity contribution in [2.75, 3.05) is 0 Å². The average molecular weight is 303 g/mol. The van der Waals surface area contributed by atoms with Crippen LogP contribution >= 0.6 is 11.3 Å². The first-order valence-electron chi connectivity index (χ1n) is 6.20. The van der Waals surface area contributed by atoms with Gasteiger partial charge in [0.25, 0.3) is 0 Å². The van der Waals surface area contributed by atoms with E-state index in [1.54, 1.807) is 28.3 Å². The third-order valence-corrected chi connectivity index (χ3v) is 3.72. The SMILES string of the molecule is OB(O)c1cc(Cn2cc(-c3ccsc3)nn2)ccc1F. The van der Waals surface area contributed by atoms with Gasteiger partial charge in [0.15, 0.2) is 0 Å². The number of hydrogen-bond acceptors (Lipinski definition) is 5. The van der Waals surface area contributed by atoms with E-state index in [0.29, 0.717) is 12.1 Å². The molecule has 21 heavy (non-hydrogen) atoms. The number of thiophene rings is 1. The topological polar surface area (TPSA) is 71.2 Å². The van der Waals surface area contributed by atoms with Crippen molar-refractivity contribution in [3.05, 3.63) is 52.6 Å². The maximum Gasteiger partial charge on any atom is 0.491 e. The van der Waals surface area contributed by atoms with Gasteiger partial charge in [0.05, 0.1) is 12.7 Å². The molecule has 0 unspecified atom stereocenters. The lowest BCUT2D eigenvalue weighted by molar-refractivity contribution is 0.423. The standard InChI is InChI=1S/C13H11BFN3O2S/c15-12-2-1-9(5-11(12)14(19)20)6-18-7-13(16-17-18)10-3-4-21-8-10/h1-5,7-8,19-20H,6H2. The van der Waals surface area contributed by atoms with Gasteiger partial charge < -0.3 is 10.0 Å². The molecule has 0 fully saturated rings. The zero-order valence-corrected chi connectivity index (χ0v) is 11.7. The molecule has 2 heterocycles. The first-order valence-corrected chi connectivity index (χ1v) is 7.15. The summed E-state index contributed by atoms with van der Waals surface area (Å²) in [7, 11) is -1.83. The van der Waals surface area contributed by atoms with Crippen LogP contribution in [0.2, 0.25) is 0 Å². The van der Waals surface area contributed by atoms with Gasteiger partial charge in [-0.15, -0.1) is 5.10 Å². The number of halogens is 1. The van der Waals surface area contributed by atoms with Crippen LogP contribution in [0.1, 0.15) is 5.56 Å². The summed E-state index contributed by atoms with van der Waals surface area (Å²) in [4.78, 5) is 0. The van der Waals surface area contributed by atoms with Crippen molar-refractivity contribution in [3.8, 4) is 11.3 Å². The maximum atomic E-state index is 13.4. The van der Waals surface area contributed by atoms with Crippen LogP contribution in [0.15, 0.2) is 41.2 Å². The highest BCUT2D eigenvalue weighted by Gasteiger charge is 2.17. The van der Waals surface area contributed by atoms with Crippen LogP contribution < -0.4 is 5.46 Å². The van der Waals surface area contributed by atoms with Crippen molar-refractivity contribution < 1.29 is 14.4 Å². The van der Waals surface area contributed by atoms with Gasteiger partial charge in [-0.3, -0.25) is 0 Å². The number of nitrogens with zero attached hydrogens (tertiary/aromatic N) is 3. The largest absolute Gasteiger partial charge is 0.491 e. The Balaban J connectivity index is 1.82. The van der Waals surface area contributed by atoms with E-state index in [2.05, 4.69) is 10.3 Å². The summed E-state index contributed by atoms with van der Waals surface area (Å²) in [6.45, 7) is 0.372. The fourth-order valence-electron chi connectivity index (χ4n) is 1.99. The Morgan fingerprint density at radius 3 is 2.86 bits per heavy atom. The highest BCUT2D eigenvalue weighted by atomic mass is 32.1. The molecule has 2 N–H and O–H groups in total. The molecule has 106 valence electrons. The predicted octanol–water partition coefficient (Wildman–Crippen LogP) is 0.874. The lowest BCUT2D eigenvalue weighted by Crippen LogP contribution is -2.33. The van der Waals surface area contributed by atoms with Gasteiger partial charge in [0.1, 0.15) is 11.5 Å². The first kappa shape index (κ1) is 13.9. The molecule has 3 aromatic rings. The minimum Gasteiger partial charge on any atom is -0.423 e. The summed E-state index contributed by atoms with van der Waals surface area (Å²) < 4.78 is 15.0. The van der Waals surface area contributed by atoms with E-state index in [9.17, 15) is 4.39 Å². The van der Waals surface area contributed by atoms with Gasteiger partial charge in [-0.2, -0.15) is 11.3 Å². The molecule has 5 nitrogen and oxygen atoms in total.